The van der Waals surface area contributed by atoms with E-state index < -0.39 is 0 Å². The fourth-order valence-electron chi connectivity index (χ4n) is 2.47. The van der Waals surface area contributed by atoms with Crippen LogP contribution in [-0.2, 0) is 0 Å². The summed E-state index contributed by atoms with van der Waals surface area (Å²) in [7, 11) is 1.54. The molecule has 0 aliphatic carbocycles. The normalized spacial score (nSPS) is 11.1. The second-order valence-corrected chi connectivity index (χ2v) is 4.76. The van der Waals surface area contributed by atoms with Gasteiger partial charge in [-0.2, -0.15) is 0 Å². The van der Waals surface area contributed by atoms with Crippen LogP contribution >= 0.6 is 0 Å². The number of nitrogens with one attached hydrogen (secondary N) is 1. The van der Waals surface area contributed by atoms with Gasteiger partial charge in [-0.1, -0.05) is 13.8 Å². The number of benzene rings is 1. The molecule has 19 heavy (non-hydrogen) atoms. The number of fused-ring (bicyclic) bond motifs is 1. The van der Waals surface area contributed by atoms with Crippen molar-refractivity contribution >= 4 is 16.6 Å². The zero-order chi connectivity index (χ0) is 14.2. The van der Waals surface area contributed by atoms with Gasteiger partial charge in [0, 0.05) is 11.3 Å². The lowest BCUT2D eigenvalue weighted by molar-refractivity contribution is 0.419. The number of nitrogen functional groups attached to an aromatic ring is 1. The van der Waals surface area contributed by atoms with Gasteiger partial charge < -0.3 is 10.2 Å². The van der Waals surface area contributed by atoms with E-state index in [9.17, 15) is 4.39 Å². The number of nitrogens with zero attached hydrogens (tertiary/aromatic N) is 1. The number of methoxy groups -OCH3 is 1. The van der Waals surface area contributed by atoms with Gasteiger partial charge >= 0.3 is 0 Å². The molecule has 0 spiro atoms. The van der Waals surface area contributed by atoms with Crippen LogP contribution in [-0.4, -0.2) is 12.1 Å². The van der Waals surface area contributed by atoms with E-state index in [-0.39, 0.29) is 17.3 Å². The van der Waals surface area contributed by atoms with E-state index in [1.807, 2.05) is 20.8 Å². The second kappa shape index (κ2) is 5.01. The smallest absolute Gasteiger partial charge is 0.149 e. The Bertz CT molecular complexity index is 626. The molecule has 1 heterocycles. The van der Waals surface area contributed by atoms with E-state index in [0.717, 1.165) is 11.3 Å². The summed E-state index contributed by atoms with van der Waals surface area (Å²) < 4.78 is 19.2. The molecule has 0 aliphatic rings. The van der Waals surface area contributed by atoms with Crippen molar-refractivity contribution in [2.45, 2.75) is 26.7 Å². The van der Waals surface area contributed by atoms with Crippen LogP contribution in [0.3, 0.4) is 0 Å². The molecule has 0 saturated carbocycles. The molecule has 102 valence electrons. The predicted molar refractivity (Wildman–Crippen MR) is 74.9 cm³/mol. The summed E-state index contributed by atoms with van der Waals surface area (Å²) in [5.74, 6) is 6.03. The van der Waals surface area contributed by atoms with Crippen LogP contribution in [0.1, 0.15) is 31.0 Å². The van der Waals surface area contributed by atoms with E-state index >= 15 is 0 Å². The van der Waals surface area contributed by atoms with Crippen LogP contribution in [0, 0.1) is 12.7 Å². The van der Waals surface area contributed by atoms with Crippen LogP contribution in [0.5, 0.6) is 5.75 Å². The van der Waals surface area contributed by atoms with Crippen LogP contribution < -0.4 is 16.0 Å². The zero-order valence-electron chi connectivity index (χ0n) is 11.5. The van der Waals surface area contributed by atoms with Gasteiger partial charge in [0.05, 0.1) is 18.2 Å². The van der Waals surface area contributed by atoms with Crippen molar-refractivity contribution in [3.8, 4) is 5.75 Å². The highest BCUT2D eigenvalue weighted by Gasteiger charge is 2.19. The van der Waals surface area contributed by atoms with Crippen LogP contribution in [0.15, 0.2) is 12.1 Å². The molecule has 0 aliphatic heterocycles. The number of nitrogens with two attached hydrogens (primary N) is 1. The van der Waals surface area contributed by atoms with E-state index in [1.54, 1.807) is 13.2 Å². The molecular formula is C14H18FN3O. The summed E-state index contributed by atoms with van der Waals surface area (Å²) in [6, 6.07) is 2.93. The Hall–Kier alpha value is -1.88. The summed E-state index contributed by atoms with van der Waals surface area (Å²) in [5.41, 5.74) is 5.36. The quantitative estimate of drug-likeness (QED) is 0.660. The Morgan fingerprint density at radius 3 is 2.58 bits per heavy atom. The monoisotopic (exact) mass is 263 g/mol. The topological polar surface area (TPSA) is 60.2 Å². The van der Waals surface area contributed by atoms with Crippen molar-refractivity contribution in [1.82, 2.24) is 4.98 Å². The van der Waals surface area contributed by atoms with Crippen molar-refractivity contribution < 1.29 is 9.13 Å². The highest BCUT2D eigenvalue weighted by molar-refractivity contribution is 5.98. The van der Waals surface area contributed by atoms with Crippen molar-refractivity contribution in [2.24, 2.45) is 5.84 Å². The minimum Gasteiger partial charge on any atom is -0.496 e. The van der Waals surface area contributed by atoms with Gasteiger partial charge in [0.2, 0.25) is 0 Å². The number of hydrazine groups is 1. The number of rotatable bonds is 3. The van der Waals surface area contributed by atoms with Gasteiger partial charge in [-0.25, -0.2) is 9.37 Å². The third kappa shape index (κ3) is 2.10. The molecule has 5 heteroatoms. The lowest BCUT2D eigenvalue weighted by Gasteiger charge is -2.19. The third-order valence-corrected chi connectivity index (χ3v) is 3.22. The van der Waals surface area contributed by atoms with Crippen molar-refractivity contribution in [3.05, 3.63) is 29.2 Å². The number of anilines is 1. The van der Waals surface area contributed by atoms with E-state index in [1.165, 1.54) is 6.07 Å². The third-order valence-electron chi connectivity index (χ3n) is 3.22. The first-order valence-electron chi connectivity index (χ1n) is 6.14. The van der Waals surface area contributed by atoms with E-state index in [0.29, 0.717) is 16.8 Å². The first kappa shape index (κ1) is 13.5. The first-order valence-corrected chi connectivity index (χ1v) is 6.14. The Kier molecular flexibility index (Phi) is 3.57. The molecule has 1 aromatic heterocycles. The summed E-state index contributed by atoms with van der Waals surface area (Å²) >= 11 is 0. The maximum absolute atomic E-state index is 13.9. The van der Waals surface area contributed by atoms with Crippen LogP contribution in [0.4, 0.5) is 10.1 Å². The molecule has 3 N–H and O–H groups in total. The number of ether oxygens (including phenoxy) is 1. The number of halogens is 1. The second-order valence-electron chi connectivity index (χ2n) is 4.76. The summed E-state index contributed by atoms with van der Waals surface area (Å²) in [6.07, 6.45) is 0. The molecule has 0 bridgehead atoms. The van der Waals surface area contributed by atoms with Crippen molar-refractivity contribution in [2.75, 3.05) is 12.5 Å². The van der Waals surface area contributed by atoms with Crippen LogP contribution in [0.2, 0.25) is 0 Å². The van der Waals surface area contributed by atoms with Gasteiger partial charge in [0.1, 0.15) is 17.1 Å². The highest BCUT2D eigenvalue weighted by atomic mass is 19.1. The van der Waals surface area contributed by atoms with Gasteiger partial charge in [-0.15, -0.1) is 0 Å². The SMILES string of the molecule is COc1ccc(F)c2nc(C)c(C(C)C)c(NN)c12. The molecule has 0 unspecified atom stereocenters. The molecule has 0 saturated heterocycles. The molecule has 2 rings (SSSR count). The molecule has 0 amide bonds. The molecular weight excluding hydrogens is 245 g/mol. The zero-order valence-corrected chi connectivity index (χ0v) is 11.5. The van der Waals surface area contributed by atoms with Gasteiger partial charge in [0.25, 0.3) is 0 Å². The van der Waals surface area contributed by atoms with E-state index in [2.05, 4.69) is 10.4 Å². The fraction of sp³-hybridized carbons (Fsp3) is 0.357. The standard InChI is InChI=1S/C14H18FN3O/c1-7(2)11-8(3)17-13-9(15)5-6-10(19-4)12(13)14(11)18-16/h5-7H,16H2,1-4H3,(H,17,18). The molecule has 0 fully saturated rings. The average molecular weight is 263 g/mol. The number of aryl methyl sites for hydroxylation is 1. The lowest BCUT2D eigenvalue weighted by atomic mass is 9.96. The van der Waals surface area contributed by atoms with E-state index in [4.69, 9.17) is 10.6 Å². The summed E-state index contributed by atoms with van der Waals surface area (Å²) in [4.78, 5) is 4.36. The van der Waals surface area contributed by atoms with Crippen molar-refractivity contribution in [1.29, 1.82) is 0 Å². The fourth-order valence-corrected chi connectivity index (χ4v) is 2.47. The number of aromatic nitrogens is 1. The molecule has 0 radical (unpaired) electrons. The number of pyridine rings is 1. The average Bonchev–Trinajstić information content (AvgIpc) is 2.38. The Labute approximate surface area is 111 Å². The highest BCUT2D eigenvalue weighted by Crippen LogP contribution is 2.38. The minimum atomic E-state index is -0.384. The largest absolute Gasteiger partial charge is 0.496 e. The number of hydrogen-bond acceptors (Lipinski definition) is 4. The molecule has 0 atom stereocenters. The summed E-state index contributed by atoms with van der Waals surface area (Å²) in [6.45, 7) is 5.94. The maximum atomic E-state index is 13.9. The van der Waals surface area contributed by atoms with Gasteiger partial charge in [-0.05, 0) is 25.0 Å². The molecule has 4 nitrogen and oxygen atoms in total. The summed E-state index contributed by atoms with van der Waals surface area (Å²) in [5, 5.41) is 0.583. The Morgan fingerprint density at radius 2 is 2.05 bits per heavy atom. The van der Waals surface area contributed by atoms with Crippen LogP contribution in [0.25, 0.3) is 10.9 Å². The predicted octanol–water partition coefficient (Wildman–Crippen LogP) is 3.10. The maximum Gasteiger partial charge on any atom is 0.149 e. The van der Waals surface area contributed by atoms with Crippen molar-refractivity contribution in [3.63, 3.8) is 0 Å². The molecule has 1 aromatic carbocycles. The first-order chi connectivity index (χ1) is 9.01. The molecule has 2 aromatic rings. The Balaban J connectivity index is 2.98. The Morgan fingerprint density at radius 1 is 1.37 bits per heavy atom. The minimum absolute atomic E-state index is 0.218. The number of hydrogen-bond donors (Lipinski definition) is 2. The van der Waals surface area contributed by atoms with Gasteiger partial charge in [0.15, 0.2) is 0 Å². The lowest BCUT2D eigenvalue weighted by Crippen LogP contribution is -2.13. The van der Waals surface area contributed by atoms with Gasteiger partial charge in [-0.3, -0.25) is 5.84 Å².